The van der Waals surface area contributed by atoms with Gasteiger partial charge in [-0.2, -0.15) is 5.26 Å². The molecule has 2 amide bonds. The van der Waals surface area contributed by atoms with Crippen LogP contribution in [-0.2, 0) is 16.0 Å². The Labute approximate surface area is 201 Å². The number of hydrogen-bond donors (Lipinski definition) is 2. The van der Waals surface area contributed by atoms with Crippen molar-refractivity contribution in [3.63, 3.8) is 0 Å². The number of amides is 2. The van der Waals surface area contributed by atoms with Crippen LogP contribution in [0.25, 0.3) is 0 Å². The number of carbonyl (C=O) groups excluding carboxylic acids is 2. The molecule has 2 aliphatic carbocycles. The summed E-state index contributed by atoms with van der Waals surface area (Å²) < 4.78 is 0. The SMILES string of the molecule is C[C@H](C(=O)N(C)CCC#N)C1CC[C@@]2(C)Cc3sc(NC(=O)CN(C)C)nc3[C@@H](C)[C@@H]2[C@H]1O. The van der Waals surface area contributed by atoms with Crippen molar-refractivity contribution < 1.29 is 14.7 Å². The molecular weight excluding hydrogens is 438 g/mol. The van der Waals surface area contributed by atoms with Crippen LogP contribution in [0.15, 0.2) is 0 Å². The van der Waals surface area contributed by atoms with Gasteiger partial charge in [-0.25, -0.2) is 4.98 Å². The van der Waals surface area contributed by atoms with Crippen LogP contribution in [0, 0.1) is 34.5 Å². The third kappa shape index (κ3) is 5.23. The van der Waals surface area contributed by atoms with Crippen molar-refractivity contribution in [2.24, 2.45) is 23.2 Å². The van der Waals surface area contributed by atoms with Crippen molar-refractivity contribution in [3.8, 4) is 6.07 Å². The number of anilines is 1. The predicted molar refractivity (Wildman–Crippen MR) is 129 cm³/mol. The first-order chi connectivity index (χ1) is 15.5. The lowest BCUT2D eigenvalue weighted by molar-refractivity contribution is -0.143. The maximum Gasteiger partial charge on any atom is 0.240 e. The Morgan fingerprint density at radius 3 is 2.73 bits per heavy atom. The van der Waals surface area contributed by atoms with Gasteiger partial charge in [0.25, 0.3) is 0 Å². The van der Waals surface area contributed by atoms with E-state index >= 15 is 0 Å². The Morgan fingerprint density at radius 2 is 2.09 bits per heavy atom. The second-order valence-corrected chi connectivity index (χ2v) is 11.5. The van der Waals surface area contributed by atoms with Crippen LogP contribution in [0.4, 0.5) is 5.13 Å². The molecular formula is C24H37N5O3S. The highest BCUT2D eigenvalue weighted by atomic mass is 32.1. The van der Waals surface area contributed by atoms with Crippen LogP contribution in [0.3, 0.4) is 0 Å². The van der Waals surface area contributed by atoms with Gasteiger partial charge in [0.05, 0.1) is 30.8 Å². The summed E-state index contributed by atoms with van der Waals surface area (Å²) in [5.41, 5.74) is 0.891. The number of fused-ring (bicyclic) bond motifs is 2. The minimum atomic E-state index is -0.608. The normalized spacial score (nSPS) is 29.5. The smallest absolute Gasteiger partial charge is 0.240 e. The molecule has 2 N–H and O–H groups in total. The summed E-state index contributed by atoms with van der Waals surface area (Å²) in [6.45, 7) is 6.97. The second-order valence-electron chi connectivity index (χ2n) is 10.4. The van der Waals surface area contributed by atoms with E-state index in [0.717, 1.165) is 25.0 Å². The maximum absolute atomic E-state index is 12.9. The number of nitrogens with zero attached hydrogens (tertiary/aromatic N) is 4. The first kappa shape index (κ1) is 25.6. The Kier molecular flexibility index (Phi) is 7.82. The summed E-state index contributed by atoms with van der Waals surface area (Å²) in [6.07, 6.45) is 2.25. The van der Waals surface area contributed by atoms with Gasteiger partial charge in [-0.05, 0) is 50.6 Å². The van der Waals surface area contributed by atoms with Gasteiger partial charge in [0.1, 0.15) is 0 Å². The van der Waals surface area contributed by atoms with Gasteiger partial charge in [0.15, 0.2) is 5.13 Å². The maximum atomic E-state index is 12.9. The third-order valence-corrected chi connectivity index (χ3v) is 8.58. The van der Waals surface area contributed by atoms with Crippen LogP contribution in [-0.4, -0.2) is 72.0 Å². The molecule has 9 heteroatoms. The van der Waals surface area contributed by atoms with Crippen molar-refractivity contribution in [2.75, 3.05) is 39.5 Å². The van der Waals surface area contributed by atoms with E-state index in [1.807, 2.05) is 25.9 Å². The Balaban J connectivity index is 1.78. The molecule has 0 aliphatic heterocycles. The van der Waals surface area contributed by atoms with Crippen LogP contribution < -0.4 is 5.32 Å². The number of rotatable bonds is 7. The minimum Gasteiger partial charge on any atom is -0.392 e. The highest BCUT2D eigenvalue weighted by Crippen LogP contribution is 2.57. The molecule has 1 heterocycles. The number of likely N-dealkylation sites (N-methyl/N-ethyl adjacent to an activating group) is 1. The van der Waals surface area contributed by atoms with Gasteiger partial charge in [-0.15, -0.1) is 11.3 Å². The van der Waals surface area contributed by atoms with E-state index in [2.05, 4.69) is 25.2 Å². The molecule has 3 rings (SSSR count). The zero-order valence-corrected chi connectivity index (χ0v) is 21.4. The molecule has 2 aliphatic rings. The van der Waals surface area contributed by atoms with Crippen molar-refractivity contribution in [1.82, 2.24) is 14.8 Å². The van der Waals surface area contributed by atoms with Gasteiger partial charge in [-0.3, -0.25) is 9.59 Å². The van der Waals surface area contributed by atoms with E-state index in [-0.39, 0.29) is 40.9 Å². The number of aliphatic hydroxyl groups is 1. The largest absolute Gasteiger partial charge is 0.392 e. The van der Waals surface area contributed by atoms with E-state index < -0.39 is 6.10 Å². The van der Waals surface area contributed by atoms with Crippen molar-refractivity contribution in [3.05, 3.63) is 10.6 Å². The number of aromatic nitrogens is 1. The molecule has 1 unspecified atom stereocenters. The molecule has 8 nitrogen and oxygen atoms in total. The minimum absolute atomic E-state index is 0.00385. The van der Waals surface area contributed by atoms with E-state index in [9.17, 15) is 14.7 Å². The number of thiazole rings is 1. The van der Waals surface area contributed by atoms with Crippen LogP contribution in [0.5, 0.6) is 0 Å². The number of hydrogen-bond acceptors (Lipinski definition) is 7. The van der Waals surface area contributed by atoms with Gasteiger partial charge in [-0.1, -0.05) is 20.8 Å². The molecule has 0 aromatic carbocycles. The van der Waals surface area contributed by atoms with E-state index in [0.29, 0.717) is 24.6 Å². The molecule has 33 heavy (non-hydrogen) atoms. The molecule has 1 aromatic rings. The van der Waals surface area contributed by atoms with Crippen molar-refractivity contribution in [2.45, 2.75) is 58.5 Å². The first-order valence-electron chi connectivity index (χ1n) is 11.7. The van der Waals surface area contributed by atoms with Crippen LogP contribution >= 0.6 is 11.3 Å². The Morgan fingerprint density at radius 1 is 1.39 bits per heavy atom. The summed E-state index contributed by atoms with van der Waals surface area (Å²) in [5.74, 6) is -0.501. The lowest BCUT2D eigenvalue weighted by Gasteiger charge is -2.53. The van der Waals surface area contributed by atoms with Crippen LogP contribution in [0.1, 0.15) is 56.5 Å². The topological polar surface area (TPSA) is 110 Å². The molecule has 182 valence electrons. The molecule has 0 bridgehead atoms. The van der Waals surface area contributed by atoms with Gasteiger partial charge in [0, 0.05) is 30.3 Å². The van der Waals surface area contributed by atoms with Gasteiger partial charge >= 0.3 is 0 Å². The zero-order chi connectivity index (χ0) is 24.5. The third-order valence-electron chi connectivity index (χ3n) is 7.60. The fourth-order valence-electron chi connectivity index (χ4n) is 5.90. The molecule has 1 fully saturated rings. The number of aliphatic hydroxyl groups excluding tert-OH is 1. The lowest BCUT2D eigenvalue weighted by Crippen LogP contribution is -2.53. The molecule has 6 atom stereocenters. The average Bonchev–Trinajstić information content (AvgIpc) is 3.12. The monoisotopic (exact) mass is 475 g/mol. The number of carbonyl (C=O) groups is 2. The summed E-state index contributed by atoms with van der Waals surface area (Å²) >= 11 is 1.54. The van der Waals surface area contributed by atoms with Crippen LogP contribution in [0.2, 0.25) is 0 Å². The van der Waals surface area contributed by atoms with E-state index in [1.54, 1.807) is 23.3 Å². The molecule has 1 saturated carbocycles. The predicted octanol–water partition coefficient (Wildman–Crippen LogP) is 2.70. The van der Waals surface area contributed by atoms with Crippen molar-refractivity contribution >= 4 is 28.3 Å². The Bertz CT molecular complexity index is 926. The summed E-state index contributed by atoms with van der Waals surface area (Å²) in [5, 5.41) is 23.9. The quantitative estimate of drug-likeness (QED) is 0.628. The number of nitrogens with one attached hydrogen (secondary N) is 1. The second kappa shape index (κ2) is 10.1. The number of nitriles is 1. The molecule has 1 aromatic heterocycles. The zero-order valence-electron chi connectivity index (χ0n) is 20.6. The van der Waals surface area contributed by atoms with E-state index in [1.165, 1.54) is 4.88 Å². The molecule has 0 spiro atoms. The Hall–Kier alpha value is -2.02. The summed E-state index contributed by atoms with van der Waals surface area (Å²) in [6, 6.07) is 2.08. The molecule has 0 saturated heterocycles. The van der Waals surface area contributed by atoms with Crippen molar-refractivity contribution in [1.29, 1.82) is 5.26 Å². The van der Waals surface area contributed by atoms with Gasteiger partial charge < -0.3 is 20.2 Å². The lowest BCUT2D eigenvalue weighted by atomic mass is 9.53. The highest BCUT2D eigenvalue weighted by molar-refractivity contribution is 7.15. The van der Waals surface area contributed by atoms with E-state index in [4.69, 9.17) is 10.2 Å². The fraction of sp³-hybridized carbons (Fsp3) is 0.750. The summed E-state index contributed by atoms with van der Waals surface area (Å²) in [4.78, 5) is 34.5. The molecule has 0 radical (unpaired) electrons. The standard InChI is InChI=1S/C24H37N5O3S/c1-14(22(32)29(6)11-7-10-25)16-8-9-24(3)12-17-20(15(2)19(24)21(16)31)27-23(33-17)26-18(30)13-28(4)5/h14-16,19,21,31H,7-9,11-13H2,1-6H3,(H,26,27,30)/t14-,15-,16?,19+,21-,24-/m0/s1. The average molecular weight is 476 g/mol. The summed E-state index contributed by atoms with van der Waals surface area (Å²) in [7, 11) is 5.43. The highest BCUT2D eigenvalue weighted by Gasteiger charge is 2.54. The van der Waals surface area contributed by atoms with Gasteiger partial charge in [0.2, 0.25) is 11.8 Å². The first-order valence-corrected chi connectivity index (χ1v) is 12.5. The fourth-order valence-corrected chi connectivity index (χ4v) is 7.18.